The molecule has 2 aromatic carbocycles. The van der Waals surface area contributed by atoms with Crippen molar-refractivity contribution in [3.63, 3.8) is 0 Å². The molecule has 0 unspecified atom stereocenters. The third-order valence-corrected chi connectivity index (χ3v) is 4.98. The largest absolute Gasteiger partial charge is 0.492 e. The molecule has 5 nitrogen and oxygen atoms in total. The van der Waals surface area contributed by atoms with Crippen molar-refractivity contribution >= 4 is 0 Å². The van der Waals surface area contributed by atoms with Crippen LogP contribution in [0.1, 0.15) is 0 Å². The zero-order valence-corrected chi connectivity index (χ0v) is 17.7. The van der Waals surface area contributed by atoms with E-state index in [1.807, 2.05) is 99.2 Å². The topological polar surface area (TPSA) is 47.4 Å². The lowest BCUT2D eigenvalue weighted by atomic mass is 10.0. The fourth-order valence-electron chi connectivity index (χ4n) is 3.32. The summed E-state index contributed by atoms with van der Waals surface area (Å²) in [7, 11) is 4.03. The van der Waals surface area contributed by atoms with Gasteiger partial charge in [-0.2, -0.15) is 0 Å². The molecular weight excluding hydrogens is 386 g/mol. The second kappa shape index (κ2) is 9.41. The van der Waals surface area contributed by atoms with Gasteiger partial charge in [0.2, 0.25) is 0 Å². The van der Waals surface area contributed by atoms with Crippen molar-refractivity contribution < 1.29 is 4.74 Å². The van der Waals surface area contributed by atoms with Crippen LogP contribution in [-0.2, 0) is 0 Å². The van der Waals surface area contributed by atoms with E-state index >= 15 is 0 Å². The van der Waals surface area contributed by atoms with Crippen LogP contribution in [0.4, 0.5) is 0 Å². The second-order valence-electron chi connectivity index (χ2n) is 7.54. The van der Waals surface area contributed by atoms with Crippen molar-refractivity contribution in [2.45, 2.75) is 0 Å². The van der Waals surface area contributed by atoms with Gasteiger partial charge in [0.25, 0.3) is 5.56 Å². The number of para-hydroxylation sites is 1. The average Bonchev–Trinajstić information content (AvgIpc) is 2.81. The van der Waals surface area contributed by atoms with Crippen molar-refractivity contribution in [3.05, 3.63) is 102 Å². The van der Waals surface area contributed by atoms with Crippen LogP contribution in [0.15, 0.2) is 96.1 Å². The third kappa shape index (κ3) is 4.90. The fraction of sp³-hybridized carbons (Fsp3) is 0.154. The molecule has 0 radical (unpaired) electrons. The van der Waals surface area contributed by atoms with Gasteiger partial charge in [-0.15, -0.1) is 0 Å². The minimum Gasteiger partial charge on any atom is -0.492 e. The van der Waals surface area contributed by atoms with Crippen LogP contribution in [0.5, 0.6) is 5.75 Å². The Balaban J connectivity index is 1.75. The lowest BCUT2D eigenvalue weighted by molar-refractivity contribution is 0.261. The lowest BCUT2D eigenvalue weighted by Crippen LogP contribution is -2.20. The van der Waals surface area contributed by atoms with Gasteiger partial charge in [0.05, 0.1) is 5.69 Å². The third-order valence-electron chi connectivity index (χ3n) is 4.98. The molecule has 0 spiro atoms. The number of aromatic nitrogens is 2. The maximum atomic E-state index is 13.4. The Kier molecular flexibility index (Phi) is 6.24. The summed E-state index contributed by atoms with van der Waals surface area (Å²) >= 11 is 0. The quantitative estimate of drug-likeness (QED) is 0.449. The van der Waals surface area contributed by atoms with E-state index in [-0.39, 0.29) is 5.56 Å². The highest BCUT2D eigenvalue weighted by molar-refractivity contribution is 5.71. The van der Waals surface area contributed by atoms with Gasteiger partial charge >= 0.3 is 0 Å². The van der Waals surface area contributed by atoms with E-state index in [0.29, 0.717) is 12.2 Å². The van der Waals surface area contributed by atoms with E-state index in [9.17, 15) is 4.79 Å². The van der Waals surface area contributed by atoms with Crippen LogP contribution in [-0.4, -0.2) is 41.7 Å². The minimum absolute atomic E-state index is 0.0767. The Bertz CT molecular complexity index is 1190. The first-order valence-corrected chi connectivity index (χ1v) is 10.2. The molecule has 2 aromatic heterocycles. The molecule has 31 heavy (non-hydrogen) atoms. The molecule has 0 N–H and O–H groups in total. The number of likely N-dealkylation sites (N-methyl/N-ethyl adjacent to an activating group) is 1. The number of ether oxygens (including phenoxy) is 1. The SMILES string of the molecule is CN(C)CCOc1ccc(-c2cc(-c3ccccn3)cn(-c3ccccc3)c2=O)cc1. The van der Waals surface area contributed by atoms with Crippen LogP contribution in [0.2, 0.25) is 0 Å². The van der Waals surface area contributed by atoms with Crippen molar-refractivity contribution in [2.75, 3.05) is 27.2 Å². The number of pyridine rings is 2. The molecule has 156 valence electrons. The zero-order valence-electron chi connectivity index (χ0n) is 17.7. The zero-order chi connectivity index (χ0) is 21.6. The van der Waals surface area contributed by atoms with Crippen molar-refractivity contribution in [2.24, 2.45) is 0 Å². The van der Waals surface area contributed by atoms with Crippen molar-refractivity contribution in [1.29, 1.82) is 0 Å². The van der Waals surface area contributed by atoms with Crippen LogP contribution >= 0.6 is 0 Å². The number of benzene rings is 2. The summed E-state index contributed by atoms with van der Waals surface area (Å²) in [5, 5.41) is 0. The molecule has 0 atom stereocenters. The smallest absolute Gasteiger partial charge is 0.262 e. The summed E-state index contributed by atoms with van der Waals surface area (Å²) in [4.78, 5) is 19.9. The van der Waals surface area contributed by atoms with Gasteiger partial charge in [-0.05, 0) is 62.1 Å². The van der Waals surface area contributed by atoms with E-state index in [4.69, 9.17) is 4.74 Å². The van der Waals surface area contributed by atoms with E-state index < -0.39 is 0 Å². The predicted octanol–water partition coefficient (Wildman–Crippen LogP) is 4.51. The van der Waals surface area contributed by atoms with Crippen LogP contribution in [0.25, 0.3) is 28.1 Å². The van der Waals surface area contributed by atoms with Gasteiger partial charge in [0.1, 0.15) is 12.4 Å². The molecule has 0 bridgehead atoms. The molecular formula is C26H25N3O2. The Morgan fingerprint density at radius 2 is 1.65 bits per heavy atom. The van der Waals surface area contributed by atoms with Crippen LogP contribution in [0, 0.1) is 0 Å². The van der Waals surface area contributed by atoms with Gasteiger partial charge in [-0.1, -0.05) is 36.4 Å². The van der Waals surface area contributed by atoms with Crippen LogP contribution < -0.4 is 10.3 Å². The van der Waals surface area contributed by atoms with E-state index in [2.05, 4.69) is 9.88 Å². The second-order valence-corrected chi connectivity index (χ2v) is 7.54. The molecule has 2 heterocycles. The minimum atomic E-state index is -0.0767. The molecule has 0 fully saturated rings. The average molecular weight is 412 g/mol. The van der Waals surface area contributed by atoms with Gasteiger partial charge in [-0.25, -0.2) is 0 Å². The van der Waals surface area contributed by atoms with Crippen molar-refractivity contribution in [1.82, 2.24) is 14.5 Å². The molecule has 4 aromatic rings. The molecule has 0 saturated heterocycles. The Hall–Kier alpha value is -3.70. The highest BCUT2D eigenvalue weighted by Crippen LogP contribution is 2.25. The molecule has 0 aliphatic heterocycles. The van der Waals surface area contributed by atoms with E-state index in [0.717, 1.165) is 34.8 Å². The number of hydrogen-bond acceptors (Lipinski definition) is 4. The normalized spacial score (nSPS) is 10.9. The number of rotatable bonds is 7. The van der Waals surface area contributed by atoms with Crippen LogP contribution in [0.3, 0.4) is 0 Å². The van der Waals surface area contributed by atoms with E-state index in [1.54, 1.807) is 10.8 Å². The summed E-state index contributed by atoms with van der Waals surface area (Å²) in [6.07, 6.45) is 3.61. The molecule has 4 rings (SSSR count). The predicted molar refractivity (Wildman–Crippen MR) is 125 cm³/mol. The summed E-state index contributed by atoms with van der Waals surface area (Å²) in [6.45, 7) is 1.46. The summed E-state index contributed by atoms with van der Waals surface area (Å²) < 4.78 is 7.47. The van der Waals surface area contributed by atoms with E-state index in [1.165, 1.54) is 0 Å². The fourth-order valence-corrected chi connectivity index (χ4v) is 3.32. The Morgan fingerprint density at radius 1 is 0.903 bits per heavy atom. The molecule has 0 aliphatic rings. The molecule has 0 amide bonds. The molecule has 5 heteroatoms. The first-order valence-electron chi connectivity index (χ1n) is 10.2. The number of nitrogens with zero attached hydrogens (tertiary/aromatic N) is 3. The monoisotopic (exact) mass is 411 g/mol. The van der Waals surface area contributed by atoms with Gasteiger partial charge in [0.15, 0.2) is 0 Å². The highest BCUT2D eigenvalue weighted by atomic mass is 16.5. The van der Waals surface area contributed by atoms with Crippen molar-refractivity contribution in [3.8, 4) is 33.8 Å². The van der Waals surface area contributed by atoms with Gasteiger partial charge in [0, 0.05) is 35.8 Å². The first-order chi connectivity index (χ1) is 15.1. The van der Waals surface area contributed by atoms with Gasteiger partial charge < -0.3 is 9.64 Å². The summed E-state index contributed by atoms with van der Waals surface area (Å²) in [5.74, 6) is 0.787. The summed E-state index contributed by atoms with van der Waals surface area (Å²) in [6, 6.07) is 25.0. The standard InChI is InChI=1S/C26H25N3O2/c1-28(2)16-17-31-23-13-11-20(12-14-23)24-18-21(25-10-6-7-15-27-25)19-29(26(24)30)22-8-4-3-5-9-22/h3-15,18-19H,16-17H2,1-2H3. The maximum Gasteiger partial charge on any atom is 0.262 e. The molecule has 0 aliphatic carbocycles. The maximum absolute atomic E-state index is 13.4. The Morgan fingerprint density at radius 3 is 2.32 bits per heavy atom. The summed E-state index contributed by atoms with van der Waals surface area (Å²) in [5.41, 5.74) is 3.89. The lowest BCUT2D eigenvalue weighted by Gasteiger charge is -2.13. The number of hydrogen-bond donors (Lipinski definition) is 0. The Labute approximate surface area is 182 Å². The molecule has 0 saturated carbocycles. The highest BCUT2D eigenvalue weighted by Gasteiger charge is 2.12. The van der Waals surface area contributed by atoms with Gasteiger partial charge in [-0.3, -0.25) is 14.3 Å². The first kappa shape index (κ1) is 20.6.